The number of aromatic hydroxyl groups is 2. The van der Waals surface area contributed by atoms with Crippen LogP contribution in [0.1, 0.15) is 0 Å². The quantitative estimate of drug-likeness (QED) is 0.104. The van der Waals surface area contributed by atoms with Gasteiger partial charge in [-0.1, -0.05) is 36.4 Å². The normalized spacial score (nSPS) is 10.7. The van der Waals surface area contributed by atoms with Crippen molar-refractivity contribution < 1.29 is 51.6 Å². The Morgan fingerprint density at radius 1 is 0.646 bits per heavy atom. The predicted octanol–water partition coefficient (Wildman–Crippen LogP) is 7.53. The van der Waals surface area contributed by atoms with Gasteiger partial charge in [0.25, 0.3) is 0 Å². The summed E-state index contributed by atoms with van der Waals surface area (Å²) in [6.07, 6.45) is 0. The van der Waals surface area contributed by atoms with Crippen LogP contribution in [-0.4, -0.2) is 43.6 Å². The summed E-state index contributed by atoms with van der Waals surface area (Å²) < 4.78 is 74.8. The second kappa shape index (κ2) is 13.5. The number of anilines is 4. The number of hydrogen-bond donors (Lipinski definition) is 4. The number of halogens is 4. The maximum atomic E-state index is 14.8. The minimum absolute atomic E-state index is 0.0637. The second-order valence-electron chi connectivity index (χ2n) is 9.94. The molecule has 248 valence electrons. The molecule has 48 heavy (non-hydrogen) atoms. The maximum absolute atomic E-state index is 14.8. The van der Waals surface area contributed by atoms with E-state index >= 15 is 0 Å². The molecule has 0 spiro atoms. The van der Waals surface area contributed by atoms with Crippen molar-refractivity contribution in [2.24, 2.45) is 0 Å². The van der Waals surface area contributed by atoms with Gasteiger partial charge in [-0.15, -0.1) is 0 Å². The standard InChI is InChI=1S/C33H26F4N4O7/c1-46-27-15-20(16-28(47-2)31(27)48-3)38-32(44)40(25-13-18(34)11-22(36)29(25)42)41(26-14-19(35)12-23(37)30(26)43)33(45)39-24-10-6-8-17-7-4-5-9-21(17)24/h4-16,42-43H,1-3H3,(H,38,44)(H,39,45). The Kier molecular flexibility index (Phi) is 9.31. The Hall–Kier alpha value is -6.38. The highest BCUT2D eigenvalue weighted by atomic mass is 19.1. The molecule has 0 bridgehead atoms. The van der Waals surface area contributed by atoms with Crippen molar-refractivity contribution in [1.82, 2.24) is 0 Å². The van der Waals surface area contributed by atoms with E-state index in [1.807, 2.05) is 0 Å². The highest BCUT2D eigenvalue weighted by molar-refractivity contribution is 6.15. The van der Waals surface area contributed by atoms with Crippen molar-refractivity contribution in [3.63, 3.8) is 0 Å². The van der Waals surface area contributed by atoms with Crippen LogP contribution in [0.2, 0.25) is 0 Å². The van der Waals surface area contributed by atoms with Crippen LogP contribution in [0.3, 0.4) is 0 Å². The number of rotatable bonds is 7. The Bertz CT molecular complexity index is 2020. The van der Waals surface area contributed by atoms with Crippen LogP contribution in [0.5, 0.6) is 28.7 Å². The number of urea groups is 2. The van der Waals surface area contributed by atoms with Gasteiger partial charge in [-0.25, -0.2) is 27.2 Å². The number of carbonyl (C=O) groups excluding carboxylic acids is 2. The molecular weight excluding hydrogens is 640 g/mol. The summed E-state index contributed by atoms with van der Waals surface area (Å²) >= 11 is 0. The van der Waals surface area contributed by atoms with Gasteiger partial charge in [-0.2, -0.15) is 10.0 Å². The van der Waals surface area contributed by atoms with Gasteiger partial charge in [0.1, 0.15) is 23.0 Å². The van der Waals surface area contributed by atoms with Gasteiger partial charge >= 0.3 is 12.1 Å². The van der Waals surface area contributed by atoms with Gasteiger partial charge < -0.3 is 35.1 Å². The first-order valence-electron chi connectivity index (χ1n) is 13.8. The SMILES string of the molecule is COc1cc(NC(=O)N(c2cc(F)cc(F)c2O)N(C(=O)Nc2cccc3ccccc23)c2cc(F)cc(F)c2O)cc(OC)c1OC. The lowest BCUT2D eigenvalue weighted by molar-refractivity contribution is 0.248. The fourth-order valence-corrected chi connectivity index (χ4v) is 4.88. The van der Waals surface area contributed by atoms with Crippen LogP contribution >= 0.6 is 0 Å². The molecule has 0 saturated heterocycles. The van der Waals surface area contributed by atoms with E-state index < -0.39 is 58.2 Å². The highest BCUT2D eigenvalue weighted by Crippen LogP contribution is 2.42. The number of fused-ring (bicyclic) bond motifs is 1. The van der Waals surface area contributed by atoms with Gasteiger partial charge in [0, 0.05) is 41.8 Å². The summed E-state index contributed by atoms with van der Waals surface area (Å²) in [6, 6.07) is 12.9. The molecule has 0 atom stereocenters. The van der Waals surface area contributed by atoms with E-state index in [2.05, 4.69) is 10.6 Å². The Balaban J connectivity index is 1.73. The first kappa shape index (κ1) is 33.0. The van der Waals surface area contributed by atoms with Crippen LogP contribution < -0.4 is 34.9 Å². The van der Waals surface area contributed by atoms with Crippen molar-refractivity contribution in [3.05, 3.63) is 102 Å². The number of amides is 4. The molecule has 0 aromatic heterocycles. The van der Waals surface area contributed by atoms with E-state index in [1.165, 1.54) is 39.5 Å². The molecule has 4 N–H and O–H groups in total. The Morgan fingerprint density at radius 3 is 1.67 bits per heavy atom. The third kappa shape index (κ3) is 6.33. The molecule has 11 nitrogen and oxygen atoms in total. The minimum Gasteiger partial charge on any atom is -0.503 e. The monoisotopic (exact) mass is 666 g/mol. The lowest BCUT2D eigenvalue weighted by Crippen LogP contribution is -2.54. The van der Waals surface area contributed by atoms with E-state index in [9.17, 15) is 37.4 Å². The highest BCUT2D eigenvalue weighted by Gasteiger charge is 2.36. The number of methoxy groups -OCH3 is 3. The smallest absolute Gasteiger partial charge is 0.346 e. The summed E-state index contributed by atoms with van der Waals surface area (Å²) in [5.74, 6) is -8.12. The Morgan fingerprint density at radius 2 is 1.15 bits per heavy atom. The number of ether oxygens (including phenoxy) is 3. The molecule has 5 aromatic rings. The van der Waals surface area contributed by atoms with Crippen molar-refractivity contribution in [2.45, 2.75) is 0 Å². The third-order valence-corrected chi connectivity index (χ3v) is 7.00. The molecule has 0 radical (unpaired) electrons. The molecule has 0 aliphatic rings. The average Bonchev–Trinajstić information content (AvgIpc) is 3.06. The van der Waals surface area contributed by atoms with Gasteiger partial charge in [-0.05, 0) is 11.5 Å². The van der Waals surface area contributed by atoms with E-state index in [0.29, 0.717) is 35.0 Å². The zero-order chi connectivity index (χ0) is 34.7. The fourth-order valence-electron chi connectivity index (χ4n) is 4.88. The van der Waals surface area contributed by atoms with Crippen molar-refractivity contribution in [3.8, 4) is 28.7 Å². The number of phenols is 2. The molecule has 0 heterocycles. The number of benzene rings is 5. The molecule has 0 aliphatic carbocycles. The van der Waals surface area contributed by atoms with Gasteiger partial charge in [0.05, 0.1) is 32.7 Å². The molecular formula is C33H26F4N4O7. The summed E-state index contributed by atoms with van der Waals surface area (Å²) in [5, 5.41) is 27.9. The van der Waals surface area contributed by atoms with Crippen molar-refractivity contribution >= 4 is 45.6 Å². The summed E-state index contributed by atoms with van der Waals surface area (Å²) in [6.45, 7) is 0. The fraction of sp³-hybridized carbons (Fsp3) is 0.0909. The zero-order valence-electron chi connectivity index (χ0n) is 25.3. The lowest BCUT2D eigenvalue weighted by Gasteiger charge is -2.35. The Labute approximate surface area is 270 Å². The minimum atomic E-state index is -1.56. The molecule has 5 aromatic carbocycles. The molecule has 0 aliphatic heterocycles. The maximum Gasteiger partial charge on any atom is 0.346 e. The second-order valence-corrected chi connectivity index (χ2v) is 9.94. The van der Waals surface area contributed by atoms with Gasteiger partial charge in [-0.3, -0.25) is 0 Å². The number of nitrogens with one attached hydrogen (secondary N) is 2. The number of hydrogen-bond acceptors (Lipinski definition) is 7. The molecule has 5 rings (SSSR count). The zero-order valence-corrected chi connectivity index (χ0v) is 25.3. The summed E-state index contributed by atoms with van der Waals surface area (Å²) in [4.78, 5) is 28.3. The molecule has 0 fully saturated rings. The van der Waals surface area contributed by atoms with Crippen LogP contribution in [0.25, 0.3) is 10.8 Å². The number of hydrazine groups is 1. The van der Waals surface area contributed by atoms with E-state index in [-0.39, 0.29) is 38.6 Å². The molecule has 15 heteroatoms. The van der Waals surface area contributed by atoms with E-state index in [4.69, 9.17) is 14.2 Å². The van der Waals surface area contributed by atoms with E-state index in [1.54, 1.807) is 36.4 Å². The number of nitrogens with zero attached hydrogens (tertiary/aromatic N) is 2. The summed E-state index contributed by atoms with van der Waals surface area (Å²) in [5.41, 5.74) is -1.96. The first-order chi connectivity index (χ1) is 23.0. The van der Waals surface area contributed by atoms with Crippen LogP contribution in [0.4, 0.5) is 49.9 Å². The average molecular weight is 667 g/mol. The van der Waals surface area contributed by atoms with Crippen LogP contribution in [-0.2, 0) is 0 Å². The third-order valence-electron chi connectivity index (χ3n) is 7.00. The number of carbonyl (C=O) groups is 2. The van der Waals surface area contributed by atoms with E-state index in [0.717, 1.165) is 0 Å². The van der Waals surface area contributed by atoms with Gasteiger partial charge in [0.2, 0.25) is 5.75 Å². The van der Waals surface area contributed by atoms with Crippen molar-refractivity contribution in [1.29, 1.82) is 0 Å². The predicted molar refractivity (Wildman–Crippen MR) is 169 cm³/mol. The van der Waals surface area contributed by atoms with Crippen LogP contribution in [0, 0.1) is 23.3 Å². The first-order valence-corrected chi connectivity index (χ1v) is 13.8. The largest absolute Gasteiger partial charge is 0.503 e. The topological polar surface area (TPSA) is 133 Å². The lowest BCUT2D eigenvalue weighted by atomic mass is 10.1. The van der Waals surface area contributed by atoms with Gasteiger partial charge in [0.15, 0.2) is 34.6 Å². The molecule has 4 amide bonds. The van der Waals surface area contributed by atoms with Crippen molar-refractivity contribution in [2.75, 3.05) is 42.0 Å². The summed E-state index contributed by atoms with van der Waals surface area (Å²) in [7, 11) is 3.92. The molecule has 0 saturated carbocycles. The molecule has 0 unspecified atom stereocenters. The number of phenolic OH excluding ortho intramolecular Hbond substituents is 2. The van der Waals surface area contributed by atoms with Crippen LogP contribution in [0.15, 0.2) is 78.9 Å².